The highest BCUT2D eigenvalue weighted by atomic mass is 16.7. The first kappa shape index (κ1) is 29.0. The molecule has 0 radical (unpaired) electrons. The van der Waals surface area contributed by atoms with Gasteiger partial charge in [0.2, 0.25) is 6.29 Å². The number of hydrogen-bond donors (Lipinski definition) is 9. The maximum absolute atomic E-state index is 10.5. The minimum Gasteiger partial charge on any atom is -0.508 e. The summed E-state index contributed by atoms with van der Waals surface area (Å²) in [6.45, 7) is 0.823. The first-order valence-corrected chi connectivity index (χ1v) is 12.1. The van der Waals surface area contributed by atoms with Crippen LogP contribution >= 0.6 is 0 Å². The van der Waals surface area contributed by atoms with Gasteiger partial charge in [-0.15, -0.1) is 0 Å². The zero-order chi connectivity index (χ0) is 28.4. The molecule has 9 N–H and O–H groups in total. The molecule has 2 fully saturated rings. The number of hydrogen-bond acceptors (Lipinski definition) is 13. The number of ether oxygens (including phenoxy) is 4. The van der Waals surface area contributed by atoms with Gasteiger partial charge in [0, 0.05) is 5.56 Å². The van der Waals surface area contributed by atoms with E-state index in [1.165, 1.54) is 24.3 Å². The van der Waals surface area contributed by atoms with Gasteiger partial charge in [-0.05, 0) is 42.3 Å². The molecule has 0 spiro atoms. The number of aliphatic hydroxyl groups excluding tert-OH is 6. The van der Waals surface area contributed by atoms with Crippen LogP contribution in [-0.2, 0) is 14.2 Å². The summed E-state index contributed by atoms with van der Waals surface area (Å²) in [5, 5.41) is 90.5. The van der Waals surface area contributed by atoms with Crippen LogP contribution in [0.3, 0.4) is 0 Å². The van der Waals surface area contributed by atoms with Crippen molar-refractivity contribution in [2.45, 2.75) is 62.2 Å². The van der Waals surface area contributed by atoms with E-state index in [1.807, 2.05) is 0 Å². The Morgan fingerprint density at radius 1 is 0.769 bits per heavy atom. The Bertz CT molecular complexity index is 1150. The Hall–Kier alpha value is -2.98. The van der Waals surface area contributed by atoms with Crippen LogP contribution in [0.2, 0.25) is 0 Å². The van der Waals surface area contributed by atoms with Gasteiger partial charge in [0.05, 0.1) is 13.2 Å². The third-order valence-corrected chi connectivity index (χ3v) is 6.62. The lowest BCUT2D eigenvalue weighted by Crippen LogP contribution is -2.61. The van der Waals surface area contributed by atoms with Crippen molar-refractivity contribution in [3.63, 3.8) is 0 Å². The van der Waals surface area contributed by atoms with E-state index in [0.717, 1.165) is 0 Å². The zero-order valence-corrected chi connectivity index (χ0v) is 20.8. The molecular weight excluding hydrogens is 520 g/mol. The summed E-state index contributed by atoms with van der Waals surface area (Å²) in [6, 6.07) is 7.25. The molecule has 0 aromatic heterocycles. The summed E-state index contributed by atoms with van der Waals surface area (Å²) in [7, 11) is 0. The molecule has 13 nitrogen and oxygen atoms in total. The predicted molar refractivity (Wildman–Crippen MR) is 133 cm³/mol. The highest BCUT2D eigenvalue weighted by molar-refractivity contribution is 5.72. The molecule has 0 amide bonds. The average Bonchev–Trinajstić information content (AvgIpc) is 2.90. The van der Waals surface area contributed by atoms with Gasteiger partial charge < -0.3 is 64.9 Å². The van der Waals surface area contributed by atoms with Crippen molar-refractivity contribution in [2.75, 3.05) is 13.2 Å². The lowest BCUT2D eigenvalue weighted by atomic mass is 9.99. The number of phenolic OH excluding ortho intramolecular Hbond substituents is 3. The number of rotatable bonds is 7. The molecule has 2 aromatic carbocycles. The van der Waals surface area contributed by atoms with Crippen LogP contribution in [0, 0.1) is 6.92 Å². The topological polar surface area (TPSA) is 219 Å². The van der Waals surface area contributed by atoms with E-state index < -0.39 is 61.9 Å². The van der Waals surface area contributed by atoms with E-state index in [2.05, 4.69) is 0 Å². The summed E-state index contributed by atoms with van der Waals surface area (Å²) in [5.74, 6) is -0.570. The number of benzene rings is 2. The average molecular weight is 553 g/mol. The molecule has 13 heteroatoms. The van der Waals surface area contributed by atoms with Gasteiger partial charge in [-0.3, -0.25) is 0 Å². The summed E-state index contributed by atoms with van der Waals surface area (Å²) in [5.41, 5.74) is 1.40. The van der Waals surface area contributed by atoms with Crippen LogP contribution in [0.15, 0.2) is 30.3 Å². The largest absolute Gasteiger partial charge is 0.508 e. The van der Waals surface area contributed by atoms with Crippen LogP contribution in [0.1, 0.15) is 16.7 Å². The second-order valence-electron chi connectivity index (χ2n) is 9.46. The fraction of sp³-hybridized carbons (Fsp3) is 0.462. The maximum atomic E-state index is 10.5. The lowest BCUT2D eigenvalue weighted by molar-refractivity contribution is -0.307. The van der Waals surface area contributed by atoms with Gasteiger partial charge in [-0.1, -0.05) is 18.2 Å². The number of phenols is 3. The van der Waals surface area contributed by atoms with E-state index in [0.29, 0.717) is 16.7 Å². The van der Waals surface area contributed by atoms with Gasteiger partial charge in [-0.25, -0.2) is 0 Å². The molecular formula is C26H32O13. The molecule has 2 saturated heterocycles. The van der Waals surface area contributed by atoms with Crippen LogP contribution in [0.5, 0.6) is 23.0 Å². The SMILES string of the molecule is Cc1c(O)cc(/C=C/c2ccc(O[C@@H]3O[C@H](CO[C@@H]4OC[C@@H](O)[C@H](O)[C@H]4O)[C@@H](O)[C@H](O)[C@H]3O)c(O)c2)cc1O. The number of aliphatic hydroxyl groups is 6. The number of aromatic hydroxyl groups is 3. The fourth-order valence-electron chi connectivity index (χ4n) is 4.12. The lowest BCUT2D eigenvalue weighted by Gasteiger charge is -2.41. The Kier molecular flexibility index (Phi) is 8.96. The smallest absolute Gasteiger partial charge is 0.229 e. The van der Waals surface area contributed by atoms with Crippen LogP contribution in [0.4, 0.5) is 0 Å². The maximum Gasteiger partial charge on any atom is 0.229 e. The van der Waals surface area contributed by atoms with Crippen molar-refractivity contribution in [3.8, 4) is 23.0 Å². The van der Waals surface area contributed by atoms with Gasteiger partial charge in [0.15, 0.2) is 17.8 Å². The Labute approximate surface area is 222 Å². The van der Waals surface area contributed by atoms with Crippen molar-refractivity contribution in [1.82, 2.24) is 0 Å². The molecule has 4 rings (SSSR count). The third kappa shape index (κ3) is 6.44. The first-order valence-electron chi connectivity index (χ1n) is 12.1. The van der Waals surface area contributed by atoms with Crippen LogP contribution < -0.4 is 4.74 Å². The molecule has 214 valence electrons. The summed E-state index contributed by atoms with van der Waals surface area (Å²) < 4.78 is 21.6. The Morgan fingerprint density at radius 2 is 1.38 bits per heavy atom. The van der Waals surface area contributed by atoms with Gasteiger partial charge in [0.1, 0.15) is 54.2 Å². The molecule has 0 bridgehead atoms. The molecule has 2 aliphatic rings. The predicted octanol–water partition coefficient (Wildman–Crippen LogP) is -1.08. The van der Waals surface area contributed by atoms with E-state index >= 15 is 0 Å². The molecule has 2 aliphatic heterocycles. The van der Waals surface area contributed by atoms with E-state index in [-0.39, 0.29) is 29.6 Å². The molecule has 0 aliphatic carbocycles. The van der Waals surface area contributed by atoms with Crippen molar-refractivity contribution < 1.29 is 64.9 Å². The monoisotopic (exact) mass is 552 g/mol. The van der Waals surface area contributed by atoms with Gasteiger partial charge >= 0.3 is 0 Å². The second-order valence-corrected chi connectivity index (χ2v) is 9.46. The van der Waals surface area contributed by atoms with E-state index in [9.17, 15) is 46.0 Å². The zero-order valence-electron chi connectivity index (χ0n) is 20.8. The third-order valence-electron chi connectivity index (χ3n) is 6.62. The molecule has 0 unspecified atom stereocenters. The fourth-order valence-corrected chi connectivity index (χ4v) is 4.12. The highest BCUT2D eigenvalue weighted by Gasteiger charge is 2.46. The van der Waals surface area contributed by atoms with Crippen molar-refractivity contribution in [3.05, 3.63) is 47.0 Å². The highest BCUT2D eigenvalue weighted by Crippen LogP contribution is 2.33. The van der Waals surface area contributed by atoms with Crippen molar-refractivity contribution in [2.24, 2.45) is 0 Å². The first-order chi connectivity index (χ1) is 18.5. The molecule has 9 atom stereocenters. The summed E-state index contributed by atoms with van der Waals surface area (Å²) in [6.07, 6.45) is -10.3. The van der Waals surface area contributed by atoms with Crippen molar-refractivity contribution in [1.29, 1.82) is 0 Å². The molecule has 2 heterocycles. The van der Waals surface area contributed by atoms with Crippen LogP contribution in [-0.4, -0.2) is 114 Å². The van der Waals surface area contributed by atoms with E-state index in [1.54, 1.807) is 25.1 Å². The van der Waals surface area contributed by atoms with Crippen molar-refractivity contribution >= 4 is 12.2 Å². The van der Waals surface area contributed by atoms with Gasteiger partial charge in [0.25, 0.3) is 0 Å². The summed E-state index contributed by atoms with van der Waals surface area (Å²) in [4.78, 5) is 0. The normalized spacial score (nSPS) is 33.4. The second kappa shape index (κ2) is 12.0. The Balaban J connectivity index is 1.40. The minimum absolute atomic E-state index is 0.0675. The Morgan fingerprint density at radius 3 is 2.05 bits per heavy atom. The van der Waals surface area contributed by atoms with Crippen LogP contribution in [0.25, 0.3) is 12.2 Å². The molecule has 39 heavy (non-hydrogen) atoms. The molecule has 2 aromatic rings. The molecule has 0 saturated carbocycles. The van der Waals surface area contributed by atoms with E-state index in [4.69, 9.17) is 18.9 Å². The quantitative estimate of drug-likeness (QED) is 0.187. The minimum atomic E-state index is -1.71. The summed E-state index contributed by atoms with van der Waals surface area (Å²) >= 11 is 0. The van der Waals surface area contributed by atoms with Gasteiger partial charge in [-0.2, -0.15) is 0 Å². The standard InChI is InChI=1S/C26H32O13/c1-11-14(27)7-13(8-15(11)28)3-2-12-4-5-18(16(29)6-12)38-26-24(35)22(33)21(32)19(39-26)10-37-25-23(34)20(31)17(30)9-36-25/h2-8,17,19-35H,9-10H2,1H3/b3-2+/t17-,19-,20+,21-,22+,23-,24-,25+,26-/m1/s1.